The number of nitrogens with two attached hydrogens (primary N) is 1. The van der Waals surface area contributed by atoms with Gasteiger partial charge in [-0.3, -0.25) is 9.59 Å². The number of nitrogens with zero attached hydrogens (tertiary/aromatic N) is 2. The first kappa shape index (κ1) is 17.8. The number of H-pyrrole nitrogens is 1. The van der Waals surface area contributed by atoms with E-state index in [1.807, 2.05) is 0 Å². The average molecular weight is 362 g/mol. The monoisotopic (exact) mass is 362 g/mol. The molecule has 1 aliphatic heterocycles. The number of nitriles is 1. The Morgan fingerprint density at radius 2 is 2.15 bits per heavy atom. The highest BCUT2D eigenvalue weighted by atomic mass is 19.3. The van der Waals surface area contributed by atoms with E-state index in [0.29, 0.717) is 16.5 Å². The van der Waals surface area contributed by atoms with E-state index in [9.17, 15) is 18.4 Å². The van der Waals surface area contributed by atoms with Crippen molar-refractivity contribution < 1.29 is 18.3 Å². The number of amides is 1. The maximum absolute atomic E-state index is 13.5. The molecule has 26 heavy (non-hydrogen) atoms. The molecule has 1 amide bonds. The molecule has 0 saturated carbocycles. The number of hydrogen-bond donors (Lipinski definition) is 2. The topological polar surface area (TPSA) is 112 Å². The molecule has 2 aromatic rings. The van der Waals surface area contributed by atoms with Gasteiger partial charge in [-0.25, -0.2) is 8.78 Å². The second-order valence-electron chi connectivity index (χ2n) is 6.12. The van der Waals surface area contributed by atoms with Crippen LogP contribution in [0.5, 0.6) is 5.75 Å². The van der Waals surface area contributed by atoms with Crippen molar-refractivity contribution in [1.29, 1.82) is 5.26 Å². The minimum Gasteiger partial charge on any atom is -0.489 e. The van der Waals surface area contributed by atoms with Gasteiger partial charge in [0.2, 0.25) is 5.91 Å². The Bertz CT molecular complexity index is 937. The van der Waals surface area contributed by atoms with E-state index in [4.69, 9.17) is 15.7 Å². The van der Waals surface area contributed by atoms with Crippen molar-refractivity contribution in [2.45, 2.75) is 24.4 Å². The van der Waals surface area contributed by atoms with Crippen molar-refractivity contribution in [2.75, 3.05) is 13.2 Å². The van der Waals surface area contributed by atoms with Gasteiger partial charge in [-0.05, 0) is 6.07 Å². The first-order chi connectivity index (χ1) is 12.3. The van der Waals surface area contributed by atoms with Crippen LogP contribution in [0, 0.1) is 11.3 Å². The highest BCUT2D eigenvalue weighted by Crippen LogP contribution is 2.32. The van der Waals surface area contributed by atoms with Crippen molar-refractivity contribution in [3.63, 3.8) is 0 Å². The average Bonchev–Trinajstić information content (AvgIpc) is 2.95. The number of pyridine rings is 1. The summed E-state index contributed by atoms with van der Waals surface area (Å²) in [6.07, 6.45) is 0.650. The van der Waals surface area contributed by atoms with Gasteiger partial charge in [0.15, 0.2) is 0 Å². The van der Waals surface area contributed by atoms with Crippen LogP contribution < -0.4 is 16.0 Å². The molecule has 3 rings (SSSR count). The smallest absolute Gasteiger partial charge is 0.268 e. The third-order valence-corrected chi connectivity index (χ3v) is 4.21. The van der Waals surface area contributed by atoms with Crippen LogP contribution in [0.1, 0.15) is 6.42 Å². The normalized spacial score (nSPS) is 19.9. The maximum atomic E-state index is 13.5. The van der Waals surface area contributed by atoms with Gasteiger partial charge in [0, 0.05) is 18.0 Å². The van der Waals surface area contributed by atoms with E-state index in [-0.39, 0.29) is 12.2 Å². The summed E-state index contributed by atoms with van der Waals surface area (Å²) in [6, 6.07) is 6.00. The van der Waals surface area contributed by atoms with Gasteiger partial charge in [-0.2, -0.15) is 5.26 Å². The lowest BCUT2D eigenvalue weighted by Gasteiger charge is -2.23. The lowest BCUT2D eigenvalue weighted by atomic mass is 10.1. The molecule has 9 heteroatoms. The quantitative estimate of drug-likeness (QED) is 0.842. The summed E-state index contributed by atoms with van der Waals surface area (Å²) in [5.74, 6) is -3.57. The zero-order valence-corrected chi connectivity index (χ0v) is 13.6. The van der Waals surface area contributed by atoms with Crippen LogP contribution in [0.4, 0.5) is 8.78 Å². The Hall–Kier alpha value is -2.99. The number of nitrogens with one attached hydrogen (secondary N) is 1. The lowest BCUT2D eigenvalue weighted by molar-refractivity contribution is -0.134. The number of likely N-dealkylation sites (tertiary alicyclic amines) is 1. The van der Waals surface area contributed by atoms with Crippen LogP contribution in [-0.2, 0) is 4.79 Å². The fraction of sp³-hybridized carbons (Fsp3) is 0.353. The van der Waals surface area contributed by atoms with Crippen molar-refractivity contribution in [3.05, 3.63) is 40.8 Å². The molecule has 1 saturated heterocycles. The van der Waals surface area contributed by atoms with Crippen LogP contribution >= 0.6 is 0 Å². The fourth-order valence-electron chi connectivity index (χ4n) is 2.93. The Balaban J connectivity index is 1.73. The van der Waals surface area contributed by atoms with E-state index in [1.54, 1.807) is 30.3 Å². The van der Waals surface area contributed by atoms with Gasteiger partial charge >= 0.3 is 0 Å². The lowest BCUT2D eigenvalue weighted by Crippen LogP contribution is -2.48. The van der Waals surface area contributed by atoms with E-state index < -0.39 is 36.9 Å². The molecule has 136 valence electrons. The predicted molar refractivity (Wildman–Crippen MR) is 88.7 cm³/mol. The molecular formula is C17H16F2N4O3. The minimum atomic E-state index is -3.11. The first-order valence-corrected chi connectivity index (χ1v) is 7.89. The predicted octanol–water partition coefficient (Wildman–Crippen LogP) is 0.994. The Labute approximate surface area is 147 Å². The molecule has 3 N–H and O–H groups in total. The molecule has 2 atom stereocenters. The highest BCUT2D eigenvalue weighted by molar-refractivity contribution is 5.87. The first-order valence-electron chi connectivity index (χ1n) is 7.89. The van der Waals surface area contributed by atoms with E-state index in [0.717, 1.165) is 4.90 Å². The molecule has 0 bridgehead atoms. The summed E-state index contributed by atoms with van der Waals surface area (Å²) in [5, 5.41) is 9.92. The minimum absolute atomic E-state index is 0.283. The van der Waals surface area contributed by atoms with Gasteiger partial charge < -0.3 is 20.4 Å². The van der Waals surface area contributed by atoms with E-state index in [2.05, 4.69) is 4.98 Å². The van der Waals surface area contributed by atoms with E-state index in [1.165, 1.54) is 6.20 Å². The second-order valence-corrected chi connectivity index (χ2v) is 6.12. The van der Waals surface area contributed by atoms with Crippen molar-refractivity contribution >= 4 is 16.7 Å². The number of carbonyl (C=O) groups is 1. The van der Waals surface area contributed by atoms with Crippen LogP contribution in [0.3, 0.4) is 0 Å². The van der Waals surface area contributed by atoms with Gasteiger partial charge in [-0.1, -0.05) is 18.2 Å². The summed E-state index contributed by atoms with van der Waals surface area (Å²) >= 11 is 0. The largest absolute Gasteiger partial charge is 0.489 e. The van der Waals surface area contributed by atoms with Crippen molar-refractivity contribution in [2.24, 2.45) is 5.73 Å². The zero-order valence-electron chi connectivity index (χ0n) is 13.6. The molecule has 2 unspecified atom stereocenters. The van der Waals surface area contributed by atoms with Crippen LogP contribution in [0.25, 0.3) is 10.8 Å². The number of hydrogen-bond acceptors (Lipinski definition) is 5. The fourth-order valence-corrected chi connectivity index (χ4v) is 2.93. The Morgan fingerprint density at radius 3 is 2.85 bits per heavy atom. The summed E-state index contributed by atoms with van der Waals surface area (Å²) in [5.41, 5.74) is 5.49. The number of carbonyl (C=O) groups excluding carboxylic acids is 1. The zero-order chi connectivity index (χ0) is 18.9. The number of aromatic amines is 1. The van der Waals surface area contributed by atoms with Crippen LogP contribution in [-0.4, -0.2) is 46.9 Å². The van der Waals surface area contributed by atoms with Crippen LogP contribution in [0.15, 0.2) is 35.3 Å². The number of ether oxygens (including phenoxy) is 1. The third kappa shape index (κ3) is 3.36. The van der Waals surface area contributed by atoms with Crippen molar-refractivity contribution in [1.82, 2.24) is 9.88 Å². The Morgan fingerprint density at radius 1 is 1.46 bits per heavy atom. The molecule has 1 aromatic heterocycles. The van der Waals surface area contributed by atoms with Gasteiger partial charge in [0.1, 0.15) is 24.4 Å². The van der Waals surface area contributed by atoms with Gasteiger partial charge in [0.05, 0.1) is 18.0 Å². The number of halogens is 2. The second kappa shape index (κ2) is 6.72. The van der Waals surface area contributed by atoms with Gasteiger partial charge in [-0.15, -0.1) is 0 Å². The maximum Gasteiger partial charge on any atom is 0.268 e. The summed E-state index contributed by atoms with van der Waals surface area (Å²) in [4.78, 5) is 27.4. The molecular weight excluding hydrogens is 346 g/mol. The summed E-state index contributed by atoms with van der Waals surface area (Å²) < 4.78 is 32.5. The Kier molecular flexibility index (Phi) is 4.61. The standard InChI is InChI=1S/C17H16F2N4O3/c18-17(19)5-10(6-20)23(9-17)16(25)13(21)8-26-14-7-22-15(24)12-4-2-1-3-11(12)14/h1-4,7,10,13H,5,8-9,21H2,(H,22,24). The van der Waals surface area contributed by atoms with Gasteiger partial charge in [0.25, 0.3) is 11.5 Å². The number of fused-ring (bicyclic) bond motifs is 1. The molecule has 1 fully saturated rings. The van der Waals surface area contributed by atoms with Crippen molar-refractivity contribution in [3.8, 4) is 11.8 Å². The summed E-state index contributed by atoms with van der Waals surface area (Å²) in [7, 11) is 0. The van der Waals surface area contributed by atoms with Crippen LogP contribution in [0.2, 0.25) is 0 Å². The number of aromatic nitrogens is 1. The molecule has 0 aliphatic carbocycles. The number of alkyl halides is 2. The molecule has 0 spiro atoms. The van der Waals surface area contributed by atoms with E-state index >= 15 is 0 Å². The molecule has 1 aliphatic rings. The molecule has 2 heterocycles. The highest BCUT2D eigenvalue weighted by Gasteiger charge is 2.48. The number of benzene rings is 1. The molecule has 0 radical (unpaired) electrons. The summed E-state index contributed by atoms with van der Waals surface area (Å²) in [6.45, 7) is -1.12. The molecule has 1 aromatic carbocycles. The SMILES string of the molecule is N#CC1CC(F)(F)CN1C(=O)C(N)COc1c[nH]c(=O)c2ccccc12. The number of rotatable bonds is 4. The molecule has 7 nitrogen and oxygen atoms in total. The third-order valence-electron chi connectivity index (χ3n) is 4.21.